The van der Waals surface area contributed by atoms with Gasteiger partial charge in [0.2, 0.25) is 0 Å². The lowest BCUT2D eigenvalue weighted by atomic mass is 10.1. The predicted molar refractivity (Wildman–Crippen MR) is 36.9 cm³/mol. The van der Waals surface area contributed by atoms with Crippen molar-refractivity contribution in [2.75, 3.05) is 6.54 Å². The zero-order valence-corrected chi connectivity index (χ0v) is 6.11. The van der Waals surface area contributed by atoms with Gasteiger partial charge >= 0.3 is 0 Å². The Kier molecular flexibility index (Phi) is 2.85. The summed E-state index contributed by atoms with van der Waals surface area (Å²) in [5, 5.41) is 30.1. The first kappa shape index (κ1) is 9.24. The number of hydrogen-bond acceptors (Lipinski definition) is 5. The van der Waals surface area contributed by atoms with Crippen molar-refractivity contribution in [2.45, 2.75) is 24.6 Å². The third-order valence-corrected chi connectivity index (χ3v) is 1.66. The van der Waals surface area contributed by atoms with Crippen molar-refractivity contribution < 1.29 is 20.1 Å². The van der Waals surface area contributed by atoms with Crippen LogP contribution in [0.1, 0.15) is 0 Å². The van der Waals surface area contributed by atoms with Crippen LogP contribution in [0.25, 0.3) is 10.4 Å². The molecule has 1 aliphatic heterocycles. The van der Waals surface area contributed by atoms with Crippen LogP contribution < -0.4 is 0 Å². The average molecular weight is 175 g/mol. The normalized spacial score (nSPS) is 40.9. The number of aliphatic hydroxyl groups is 3. The SMILES string of the molecule is [N-]=[N+]=NC[C@H]1O[C@@H](O)C(O)[C@H]1O. The van der Waals surface area contributed by atoms with Gasteiger partial charge in [-0.05, 0) is 5.53 Å². The van der Waals surface area contributed by atoms with Gasteiger partial charge in [-0.1, -0.05) is 5.11 Å². The van der Waals surface area contributed by atoms with E-state index in [2.05, 4.69) is 14.8 Å². The van der Waals surface area contributed by atoms with Crippen molar-refractivity contribution in [3.05, 3.63) is 10.4 Å². The van der Waals surface area contributed by atoms with E-state index in [0.29, 0.717) is 0 Å². The standard InChI is InChI=1S/C5H9N3O4/c6-8-7-1-2-3(9)4(10)5(11)12-2/h2-5,9-11H,1H2/t2-,3+,4?,5-/m1/s1. The molecule has 0 amide bonds. The number of hydrogen-bond donors (Lipinski definition) is 3. The Hall–Kier alpha value is -0.850. The van der Waals surface area contributed by atoms with Crippen LogP contribution in [0.2, 0.25) is 0 Å². The summed E-state index contributed by atoms with van der Waals surface area (Å²) in [6, 6.07) is 0. The van der Waals surface area contributed by atoms with Gasteiger partial charge in [0.15, 0.2) is 6.29 Å². The molecule has 0 aromatic heterocycles. The summed E-state index contributed by atoms with van der Waals surface area (Å²) in [6.45, 7) is -0.105. The highest BCUT2D eigenvalue weighted by Gasteiger charge is 2.41. The summed E-state index contributed by atoms with van der Waals surface area (Å²) in [6.07, 6.45) is -4.76. The van der Waals surface area contributed by atoms with Crippen LogP contribution in [-0.2, 0) is 4.74 Å². The number of azide groups is 1. The minimum absolute atomic E-state index is 0.105. The van der Waals surface area contributed by atoms with Crippen LogP contribution in [0.15, 0.2) is 5.11 Å². The van der Waals surface area contributed by atoms with Crippen LogP contribution in [0, 0.1) is 0 Å². The Morgan fingerprint density at radius 3 is 2.42 bits per heavy atom. The summed E-state index contributed by atoms with van der Waals surface area (Å²) >= 11 is 0. The van der Waals surface area contributed by atoms with Gasteiger partial charge in [-0.15, -0.1) is 0 Å². The highest BCUT2D eigenvalue weighted by atomic mass is 16.6. The minimum atomic E-state index is -1.40. The van der Waals surface area contributed by atoms with Gasteiger partial charge in [-0.3, -0.25) is 0 Å². The fourth-order valence-corrected chi connectivity index (χ4v) is 0.997. The first-order valence-electron chi connectivity index (χ1n) is 3.37. The van der Waals surface area contributed by atoms with E-state index in [1.54, 1.807) is 0 Å². The third kappa shape index (κ3) is 1.66. The van der Waals surface area contributed by atoms with Gasteiger partial charge in [0, 0.05) is 4.91 Å². The van der Waals surface area contributed by atoms with Crippen LogP contribution in [0.5, 0.6) is 0 Å². The van der Waals surface area contributed by atoms with E-state index in [1.165, 1.54) is 0 Å². The Labute approximate surface area is 67.8 Å². The first-order valence-corrected chi connectivity index (χ1v) is 3.37. The highest BCUT2D eigenvalue weighted by Crippen LogP contribution is 2.19. The zero-order chi connectivity index (χ0) is 9.14. The topological polar surface area (TPSA) is 119 Å². The van der Waals surface area contributed by atoms with Crippen LogP contribution >= 0.6 is 0 Å². The number of ether oxygens (including phenoxy) is 1. The molecule has 1 rings (SSSR count). The van der Waals surface area contributed by atoms with Gasteiger partial charge in [-0.25, -0.2) is 0 Å². The Morgan fingerprint density at radius 2 is 2.00 bits per heavy atom. The fraction of sp³-hybridized carbons (Fsp3) is 1.00. The molecule has 4 atom stereocenters. The number of aliphatic hydroxyl groups excluding tert-OH is 3. The second kappa shape index (κ2) is 3.70. The van der Waals surface area contributed by atoms with Crippen molar-refractivity contribution >= 4 is 0 Å². The van der Waals surface area contributed by atoms with E-state index in [1.807, 2.05) is 0 Å². The van der Waals surface area contributed by atoms with Crippen molar-refractivity contribution in [1.82, 2.24) is 0 Å². The predicted octanol–water partition coefficient (Wildman–Crippen LogP) is -1.26. The molecule has 1 fully saturated rings. The van der Waals surface area contributed by atoms with Crippen molar-refractivity contribution in [1.29, 1.82) is 0 Å². The third-order valence-electron chi connectivity index (χ3n) is 1.66. The monoisotopic (exact) mass is 175 g/mol. The van der Waals surface area contributed by atoms with Crippen molar-refractivity contribution in [3.63, 3.8) is 0 Å². The lowest BCUT2D eigenvalue weighted by molar-refractivity contribution is -0.125. The molecule has 12 heavy (non-hydrogen) atoms. The molecule has 3 N–H and O–H groups in total. The molecule has 0 aromatic carbocycles. The maximum Gasteiger partial charge on any atom is 0.183 e. The Balaban J connectivity index is 2.52. The van der Waals surface area contributed by atoms with Gasteiger partial charge < -0.3 is 20.1 Å². The molecule has 7 heteroatoms. The largest absolute Gasteiger partial charge is 0.387 e. The molecule has 68 valence electrons. The molecule has 0 radical (unpaired) electrons. The maximum atomic E-state index is 9.14. The second-order valence-corrected chi connectivity index (χ2v) is 2.46. The zero-order valence-electron chi connectivity index (χ0n) is 6.11. The molecule has 0 aromatic rings. The number of nitrogens with zero attached hydrogens (tertiary/aromatic N) is 3. The number of rotatable bonds is 2. The minimum Gasteiger partial charge on any atom is -0.387 e. The molecular weight excluding hydrogens is 166 g/mol. The van der Waals surface area contributed by atoms with Gasteiger partial charge in [-0.2, -0.15) is 0 Å². The molecule has 0 spiro atoms. The smallest absolute Gasteiger partial charge is 0.183 e. The molecule has 1 unspecified atom stereocenters. The average Bonchev–Trinajstić information content (AvgIpc) is 2.30. The summed E-state index contributed by atoms with van der Waals surface area (Å²) in [5.41, 5.74) is 7.94. The lowest BCUT2D eigenvalue weighted by Gasteiger charge is -2.10. The molecule has 1 saturated heterocycles. The molecular formula is C5H9N3O4. The molecule has 7 nitrogen and oxygen atoms in total. The highest BCUT2D eigenvalue weighted by molar-refractivity contribution is 4.86. The summed E-state index contributed by atoms with van der Waals surface area (Å²) in [7, 11) is 0. The van der Waals surface area contributed by atoms with E-state index in [4.69, 9.17) is 20.9 Å². The molecule has 1 heterocycles. The van der Waals surface area contributed by atoms with Gasteiger partial charge in [0.25, 0.3) is 0 Å². The molecule has 0 bridgehead atoms. The summed E-state index contributed by atoms with van der Waals surface area (Å²) in [5.74, 6) is 0. The van der Waals surface area contributed by atoms with Crippen molar-refractivity contribution in [3.8, 4) is 0 Å². The van der Waals surface area contributed by atoms with Crippen LogP contribution in [0.4, 0.5) is 0 Å². The van der Waals surface area contributed by atoms with Gasteiger partial charge in [0.1, 0.15) is 12.2 Å². The Morgan fingerprint density at radius 1 is 1.33 bits per heavy atom. The van der Waals surface area contributed by atoms with Gasteiger partial charge in [0.05, 0.1) is 12.6 Å². The lowest BCUT2D eigenvalue weighted by Crippen LogP contribution is -2.33. The second-order valence-electron chi connectivity index (χ2n) is 2.46. The van der Waals surface area contributed by atoms with E-state index < -0.39 is 24.6 Å². The van der Waals surface area contributed by atoms with Crippen LogP contribution in [-0.4, -0.2) is 46.5 Å². The first-order chi connectivity index (χ1) is 5.66. The van der Waals surface area contributed by atoms with E-state index in [-0.39, 0.29) is 6.54 Å². The quantitative estimate of drug-likeness (QED) is 0.275. The fourth-order valence-electron chi connectivity index (χ4n) is 0.997. The maximum absolute atomic E-state index is 9.14. The molecule has 0 aliphatic carbocycles. The molecule has 1 aliphatic rings. The van der Waals surface area contributed by atoms with E-state index >= 15 is 0 Å². The van der Waals surface area contributed by atoms with E-state index in [9.17, 15) is 0 Å². The van der Waals surface area contributed by atoms with E-state index in [0.717, 1.165) is 0 Å². The van der Waals surface area contributed by atoms with Crippen molar-refractivity contribution in [2.24, 2.45) is 5.11 Å². The molecule has 0 saturated carbocycles. The Bertz CT molecular complexity index is 205. The summed E-state index contributed by atoms with van der Waals surface area (Å²) < 4.78 is 4.68. The summed E-state index contributed by atoms with van der Waals surface area (Å²) in [4.78, 5) is 2.45. The van der Waals surface area contributed by atoms with Crippen LogP contribution in [0.3, 0.4) is 0 Å².